The van der Waals surface area contributed by atoms with Crippen LogP contribution in [-0.2, 0) is 11.3 Å². The highest BCUT2D eigenvalue weighted by Gasteiger charge is 2.08. The Morgan fingerprint density at radius 1 is 1.53 bits per heavy atom. The minimum atomic E-state index is -0.382. The molecule has 1 rings (SSSR count). The van der Waals surface area contributed by atoms with E-state index in [1.807, 2.05) is 13.8 Å². The quantitative estimate of drug-likeness (QED) is 0.758. The molecule has 0 unspecified atom stereocenters. The van der Waals surface area contributed by atoms with Gasteiger partial charge in [0.1, 0.15) is 5.69 Å². The number of carbonyl (C=O) groups is 1. The summed E-state index contributed by atoms with van der Waals surface area (Å²) < 4.78 is 5.03. The maximum atomic E-state index is 11.4. The lowest BCUT2D eigenvalue weighted by Gasteiger charge is -2.06. The SMILES string of the molecule is CC(C)COC(=O)c1ccc(CN)cn1. The largest absolute Gasteiger partial charge is 0.461 e. The van der Waals surface area contributed by atoms with Crippen molar-refractivity contribution in [3.63, 3.8) is 0 Å². The summed E-state index contributed by atoms with van der Waals surface area (Å²) in [5.41, 5.74) is 6.64. The summed E-state index contributed by atoms with van der Waals surface area (Å²) in [4.78, 5) is 15.4. The van der Waals surface area contributed by atoms with Crippen molar-refractivity contribution in [3.8, 4) is 0 Å². The summed E-state index contributed by atoms with van der Waals surface area (Å²) in [5.74, 6) is -0.0514. The Bertz CT molecular complexity index is 320. The molecule has 0 amide bonds. The molecule has 0 spiro atoms. The lowest BCUT2D eigenvalue weighted by Crippen LogP contribution is -2.12. The van der Waals surface area contributed by atoms with Crippen molar-refractivity contribution in [3.05, 3.63) is 29.6 Å². The van der Waals surface area contributed by atoms with E-state index >= 15 is 0 Å². The van der Waals surface area contributed by atoms with Crippen LogP contribution in [0, 0.1) is 5.92 Å². The second kappa shape index (κ2) is 5.46. The Hall–Kier alpha value is -1.42. The maximum Gasteiger partial charge on any atom is 0.356 e. The van der Waals surface area contributed by atoms with Crippen LogP contribution in [0.2, 0.25) is 0 Å². The van der Waals surface area contributed by atoms with Gasteiger partial charge in [-0.25, -0.2) is 9.78 Å². The third kappa shape index (κ3) is 3.67. The number of aromatic nitrogens is 1. The predicted molar refractivity (Wildman–Crippen MR) is 57.2 cm³/mol. The van der Waals surface area contributed by atoms with Crippen molar-refractivity contribution in [2.75, 3.05) is 6.61 Å². The molecule has 0 bridgehead atoms. The fourth-order valence-electron chi connectivity index (χ4n) is 0.982. The molecule has 0 aliphatic heterocycles. The summed E-state index contributed by atoms with van der Waals surface area (Å²) in [7, 11) is 0. The van der Waals surface area contributed by atoms with Crippen LogP contribution in [-0.4, -0.2) is 17.6 Å². The highest BCUT2D eigenvalue weighted by atomic mass is 16.5. The van der Waals surface area contributed by atoms with E-state index in [0.29, 0.717) is 24.8 Å². The van der Waals surface area contributed by atoms with Gasteiger partial charge in [0.2, 0.25) is 0 Å². The first kappa shape index (κ1) is 11.7. The molecule has 0 aromatic carbocycles. The van der Waals surface area contributed by atoms with Crippen molar-refractivity contribution in [2.45, 2.75) is 20.4 Å². The molecule has 0 saturated heterocycles. The van der Waals surface area contributed by atoms with Crippen LogP contribution in [0.3, 0.4) is 0 Å². The minimum Gasteiger partial charge on any atom is -0.461 e. The van der Waals surface area contributed by atoms with Gasteiger partial charge in [0.15, 0.2) is 0 Å². The number of pyridine rings is 1. The molecule has 0 radical (unpaired) electrons. The van der Waals surface area contributed by atoms with E-state index < -0.39 is 0 Å². The molecule has 0 saturated carbocycles. The summed E-state index contributed by atoms with van der Waals surface area (Å²) >= 11 is 0. The Morgan fingerprint density at radius 2 is 2.27 bits per heavy atom. The van der Waals surface area contributed by atoms with Crippen LogP contribution in [0.4, 0.5) is 0 Å². The van der Waals surface area contributed by atoms with Gasteiger partial charge in [-0.2, -0.15) is 0 Å². The topological polar surface area (TPSA) is 65.2 Å². The molecule has 0 fully saturated rings. The van der Waals surface area contributed by atoms with Crippen LogP contribution in [0.25, 0.3) is 0 Å². The van der Waals surface area contributed by atoms with Gasteiger partial charge in [0.25, 0.3) is 0 Å². The number of hydrogen-bond acceptors (Lipinski definition) is 4. The average Bonchev–Trinajstić information content (AvgIpc) is 2.26. The fourth-order valence-corrected chi connectivity index (χ4v) is 0.982. The van der Waals surface area contributed by atoms with E-state index in [1.54, 1.807) is 18.3 Å². The highest BCUT2D eigenvalue weighted by molar-refractivity contribution is 5.87. The Balaban J connectivity index is 2.58. The standard InChI is InChI=1S/C11H16N2O2/c1-8(2)7-15-11(14)10-4-3-9(5-12)6-13-10/h3-4,6,8H,5,7,12H2,1-2H3. The molecule has 1 aromatic heterocycles. The van der Waals surface area contributed by atoms with Gasteiger partial charge in [-0.1, -0.05) is 19.9 Å². The molecule has 0 atom stereocenters. The smallest absolute Gasteiger partial charge is 0.356 e. The first-order chi connectivity index (χ1) is 7.13. The van der Waals surface area contributed by atoms with Gasteiger partial charge in [0, 0.05) is 12.7 Å². The molecule has 82 valence electrons. The van der Waals surface area contributed by atoms with Crippen LogP contribution in [0.1, 0.15) is 29.9 Å². The van der Waals surface area contributed by atoms with Crippen molar-refractivity contribution in [2.24, 2.45) is 11.7 Å². The van der Waals surface area contributed by atoms with Crippen molar-refractivity contribution in [1.29, 1.82) is 0 Å². The second-order valence-electron chi connectivity index (χ2n) is 3.75. The van der Waals surface area contributed by atoms with Crippen LogP contribution < -0.4 is 5.73 Å². The molecule has 0 aliphatic carbocycles. The Morgan fingerprint density at radius 3 is 2.73 bits per heavy atom. The van der Waals surface area contributed by atoms with E-state index in [-0.39, 0.29) is 5.97 Å². The summed E-state index contributed by atoms with van der Waals surface area (Å²) in [5, 5.41) is 0. The van der Waals surface area contributed by atoms with Crippen molar-refractivity contribution < 1.29 is 9.53 Å². The Kier molecular flexibility index (Phi) is 4.24. The highest BCUT2D eigenvalue weighted by Crippen LogP contribution is 2.02. The third-order valence-electron chi connectivity index (χ3n) is 1.82. The molecule has 2 N–H and O–H groups in total. The number of nitrogens with zero attached hydrogens (tertiary/aromatic N) is 1. The van der Waals surface area contributed by atoms with Gasteiger partial charge in [-0.3, -0.25) is 0 Å². The van der Waals surface area contributed by atoms with Gasteiger partial charge < -0.3 is 10.5 Å². The van der Waals surface area contributed by atoms with Crippen LogP contribution in [0.5, 0.6) is 0 Å². The number of carbonyl (C=O) groups excluding carboxylic acids is 1. The summed E-state index contributed by atoms with van der Waals surface area (Å²) in [6, 6.07) is 3.41. The monoisotopic (exact) mass is 208 g/mol. The zero-order valence-electron chi connectivity index (χ0n) is 9.06. The van der Waals surface area contributed by atoms with Crippen LogP contribution >= 0.6 is 0 Å². The minimum absolute atomic E-state index is 0.327. The molecule has 4 heteroatoms. The second-order valence-corrected chi connectivity index (χ2v) is 3.75. The number of rotatable bonds is 4. The van der Waals surface area contributed by atoms with Gasteiger partial charge >= 0.3 is 5.97 Å². The lowest BCUT2D eigenvalue weighted by atomic mass is 10.2. The molecule has 4 nitrogen and oxygen atoms in total. The molecule has 0 aliphatic rings. The van der Waals surface area contributed by atoms with Gasteiger partial charge in [-0.15, -0.1) is 0 Å². The zero-order chi connectivity index (χ0) is 11.3. The van der Waals surface area contributed by atoms with Crippen molar-refractivity contribution in [1.82, 2.24) is 4.98 Å². The van der Waals surface area contributed by atoms with Crippen molar-refractivity contribution >= 4 is 5.97 Å². The molecule has 1 heterocycles. The number of nitrogens with two attached hydrogens (primary N) is 1. The first-order valence-electron chi connectivity index (χ1n) is 4.95. The molecule has 1 aromatic rings. The molecular weight excluding hydrogens is 192 g/mol. The summed E-state index contributed by atoms with van der Waals surface area (Å²) in [6.45, 7) is 4.81. The average molecular weight is 208 g/mol. The fraction of sp³-hybridized carbons (Fsp3) is 0.455. The van der Waals surface area contributed by atoms with E-state index in [2.05, 4.69) is 4.98 Å². The summed E-state index contributed by atoms with van der Waals surface area (Å²) in [6.07, 6.45) is 1.59. The Labute approximate surface area is 89.5 Å². The molecule has 15 heavy (non-hydrogen) atoms. The maximum absolute atomic E-state index is 11.4. The van der Waals surface area contributed by atoms with E-state index in [9.17, 15) is 4.79 Å². The van der Waals surface area contributed by atoms with Gasteiger partial charge in [0.05, 0.1) is 6.61 Å². The van der Waals surface area contributed by atoms with E-state index in [4.69, 9.17) is 10.5 Å². The van der Waals surface area contributed by atoms with Gasteiger partial charge in [-0.05, 0) is 17.5 Å². The number of ether oxygens (including phenoxy) is 1. The number of esters is 1. The van der Waals surface area contributed by atoms with Crippen LogP contribution in [0.15, 0.2) is 18.3 Å². The normalized spacial score (nSPS) is 10.4. The predicted octanol–water partition coefficient (Wildman–Crippen LogP) is 1.35. The third-order valence-corrected chi connectivity index (χ3v) is 1.82. The number of hydrogen-bond donors (Lipinski definition) is 1. The lowest BCUT2D eigenvalue weighted by molar-refractivity contribution is 0.0452. The van der Waals surface area contributed by atoms with E-state index in [0.717, 1.165) is 5.56 Å². The first-order valence-corrected chi connectivity index (χ1v) is 4.95. The molecular formula is C11H16N2O2. The van der Waals surface area contributed by atoms with E-state index in [1.165, 1.54) is 0 Å². The zero-order valence-corrected chi connectivity index (χ0v) is 9.06.